The van der Waals surface area contributed by atoms with Gasteiger partial charge in [0.1, 0.15) is 11.6 Å². The predicted octanol–water partition coefficient (Wildman–Crippen LogP) is 4.49. The van der Waals surface area contributed by atoms with Gasteiger partial charge in [0.2, 0.25) is 0 Å². The van der Waals surface area contributed by atoms with Crippen LogP contribution in [0.2, 0.25) is 5.02 Å². The summed E-state index contributed by atoms with van der Waals surface area (Å²) in [5.41, 5.74) is 5.31. The lowest BCUT2D eigenvalue weighted by Crippen LogP contribution is -2.39. The quantitative estimate of drug-likeness (QED) is 0.342. The van der Waals surface area contributed by atoms with Gasteiger partial charge in [-0.1, -0.05) is 23.7 Å². The Labute approximate surface area is 198 Å². The maximum absolute atomic E-state index is 12.8. The highest BCUT2D eigenvalue weighted by molar-refractivity contribution is 7.99. The Hall–Kier alpha value is -3.27. The summed E-state index contributed by atoms with van der Waals surface area (Å²) in [6.45, 7) is 2.89. The predicted molar refractivity (Wildman–Crippen MR) is 126 cm³/mol. The number of benzene rings is 1. The van der Waals surface area contributed by atoms with Gasteiger partial charge in [-0.3, -0.25) is 9.89 Å². The Morgan fingerprint density at radius 1 is 1.15 bits per heavy atom. The lowest BCUT2D eigenvalue weighted by Gasteiger charge is -2.30. The van der Waals surface area contributed by atoms with Crippen molar-refractivity contribution in [2.45, 2.75) is 23.1 Å². The SMILES string of the molecule is Cc1[nH]c(Sc2ccc(C3C4=C(CNCC4=O)Nc4[nH]ncc43)o2)nc1-c1ccc(Cl)cc1. The van der Waals surface area contributed by atoms with Crippen molar-refractivity contribution in [2.75, 3.05) is 18.4 Å². The number of H-pyrrole nitrogens is 2. The Balaban J connectivity index is 1.31. The highest BCUT2D eigenvalue weighted by atomic mass is 35.5. The molecule has 1 unspecified atom stereocenters. The van der Waals surface area contributed by atoms with Gasteiger partial charge >= 0.3 is 0 Å². The first kappa shape index (κ1) is 20.3. The van der Waals surface area contributed by atoms with Crippen LogP contribution >= 0.6 is 23.4 Å². The van der Waals surface area contributed by atoms with E-state index in [-0.39, 0.29) is 11.7 Å². The van der Waals surface area contributed by atoms with Gasteiger partial charge in [-0.2, -0.15) is 5.10 Å². The first-order valence-electron chi connectivity index (χ1n) is 10.4. The zero-order chi connectivity index (χ0) is 22.5. The third-order valence-corrected chi connectivity index (χ3v) is 6.88. The molecule has 5 heterocycles. The topological polar surface area (TPSA) is 112 Å². The largest absolute Gasteiger partial charge is 0.453 e. The Morgan fingerprint density at radius 2 is 2.00 bits per heavy atom. The van der Waals surface area contributed by atoms with Gasteiger partial charge in [-0.05, 0) is 43.0 Å². The molecule has 0 saturated heterocycles. The van der Waals surface area contributed by atoms with Gasteiger partial charge in [0, 0.05) is 39.7 Å². The third kappa shape index (κ3) is 3.58. The third-order valence-electron chi connectivity index (χ3n) is 5.82. The molecule has 1 atom stereocenters. The zero-order valence-electron chi connectivity index (χ0n) is 17.5. The van der Waals surface area contributed by atoms with Gasteiger partial charge in [-0.15, -0.1) is 0 Å². The van der Waals surface area contributed by atoms with Crippen LogP contribution in [0, 0.1) is 6.92 Å². The molecule has 0 bridgehead atoms. The summed E-state index contributed by atoms with van der Waals surface area (Å²) in [5, 5.41) is 15.7. The molecular weight excluding hydrogens is 460 g/mol. The number of anilines is 1. The van der Waals surface area contributed by atoms with Crippen LogP contribution in [-0.2, 0) is 4.79 Å². The number of carbonyl (C=O) groups excluding carboxylic acids is 1. The van der Waals surface area contributed by atoms with E-state index in [0.717, 1.165) is 44.8 Å². The maximum Gasteiger partial charge on any atom is 0.175 e. The number of imidazole rings is 1. The number of nitrogens with zero attached hydrogens (tertiary/aromatic N) is 2. The van der Waals surface area contributed by atoms with Gasteiger partial charge < -0.3 is 20.0 Å². The van der Waals surface area contributed by atoms with Crippen LogP contribution in [0.1, 0.15) is 22.9 Å². The van der Waals surface area contributed by atoms with E-state index in [1.54, 1.807) is 6.20 Å². The van der Waals surface area contributed by atoms with Crippen molar-refractivity contribution in [3.8, 4) is 11.3 Å². The molecule has 0 aliphatic carbocycles. The molecule has 3 aromatic heterocycles. The van der Waals surface area contributed by atoms with Crippen molar-refractivity contribution in [3.05, 3.63) is 75.9 Å². The molecule has 2 aliphatic heterocycles. The van der Waals surface area contributed by atoms with E-state index in [1.165, 1.54) is 11.8 Å². The molecule has 166 valence electrons. The second-order valence-electron chi connectivity index (χ2n) is 7.96. The number of nitrogens with one attached hydrogen (secondary N) is 4. The summed E-state index contributed by atoms with van der Waals surface area (Å²) in [6, 6.07) is 11.4. The van der Waals surface area contributed by atoms with E-state index < -0.39 is 0 Å². The minimum atomic E-state index is -0.304. The molecule has 8 nitrogen and oxygen atoms in total. The van der Waals surface area contributed by atoms with E-state index in [1.807, 2.05) is 43.3 Å². The van der Waals surface area contributed by atoms with E-state index in [4.69, 9.17) is 21.0 Å². The molecule has 1 aromatic carbocycles. The average Bonchev–Trinajstić information content (AvgIpc) is 3.53. The minimum absolute atomic E-state index is 0.0560. The number of aryl methyl sites for hydroxylation is 1. The summed E-state index contributed by atoms with van der Waals surface area (Å²) < 4.78 is 6.23. The van der Waals surface area contributed by atoms with Crippen LogP contribution in [0.15, 0.2) is 68.5 Å². The number of carbonyl (C=O) groups is 1. The number of fused-ring (bicyclic) bond motifs is 1. The fraction of sp³-hybridized carbons (Fsp3) is 0.174. The molecular formula is C23H19ClN6O2S. The molecule has 0 amide bonds. The number of hydrogen-bond acceptors (Lipinski definition) is 7. The Bertz CT molecular complexity index is 1400. The van der Waals surface area contributed by atoms with Crippen molar-refractivity contribution in [3.63, 3.8) is 0 Å². The number of furan rings is 1. The number of rotatable bonds is 4. The van der Waals surface area contributed by atoms with Crippen molar-refractivity contribution < 1.29 is 9.21 Å². The number of halogens is 1. The summed E-state index contributed by atoms with van der Waals surface area (Å²) in [6.07, 6.45) is 1.75. The molecule has 0 radical (unpaired) electrons. The fourth-order valence-corrected chi connectivity index (χ4v) is 5.26. The van der Waals surface area contributed by atoms with Gasteiger partial charge in [-0.25, -0.2) is 4.98 Å². The van der Waals surface area contributed by atoms with Crippen LogP contribution in [0.25, 0.3) is 11.3 Å². The average molecular weight is 479 g/mol. The lowest BCUT2D eigenvalue weighted by molar-refractivity contribution is -0.115. The first-order chi connectivity index (χ1) is 16.1. The fourth-order valence-electron chi connectivity index (χ4n) is 4.33. The van der Waals surface area contributed by atoms with Crippen molar-refractivity contribution in [1.82, 2.24) is 25.5 Å². The minimum Gasteiger partial charge on any atom is -0.453 e. The van der Waals surface area contributed by atoms with E-state index in [2.05, 4.69) is 25.8 Å². The summed E-state index contributed by atoms with van der Waals surface area (Å²) in [4.78, 5) is 20.8. The second kappa shape index (κ2) is 7.95. The molecule has 33 heavy (non-hydrogen) atoms. The molecule has 6 rings (SSSR count). The molecule has 10 heteroatoms. The molecule has 2 aliphatic rings. The number of hydrogen-bond donors (Lipinski definition) is 4. The smallest absolute Gasteiger partial charge is 0.175 e. The number of Topliss-reactive ketones (excluding diaryl/α,β-unsaturated/α-hetero) is 1. The highest BCUT2D eigenvalue weighted by Crippen LogP contribution is 2.43. The number of aromatic amines is 2. The van der Waals surface area contributed by atoms with Gasteiger partial charge in [0.15, 0.2) is 16.0 Å². The van der Waals surface area contributed by atoms with Crippen molar-refractivity contribution in [2.24, 2.45) is 0 Å². The Kier molecular flexibility index (Phi) is 4.90. The van der Waals surface area contributed by atoms with Crippen LogP contribution < -0.4 is 10.6 Å². The molecule has 0 saturated carbocycles. The molecule has 4 N–H and O–H groups in total. The summed E-state index contributed by atoms with van der Waals surface area (Å²) >= 11 is 7.42. The molecule has 0 spiro atoms. The van der Waals surface area contributed by atoms with Crippen molar-refractivity contribution >= 4 is 35.0 Å². The second-order valence-corrected chi connectivity index (χ2v) is 9.39. The molecule has 0 fully saturated rings. The summed E-state index contributed by atoms with van der Waals surface area (Å²) in [7, 11) is 0. The van der Waals surface area contributed by atoms with Crippen LogP contribution in [0.5, 0.6) is 0 Å². The van der Waals surface area contributed by atoms with Gasteiger partial charge in [0.25, 0.3) is 0 Å². The number of aromatic nitrogens is 4. The van der Waals surface area contributed by atoms with Crippen LogP contribution in [-0.4, -0.2) is 39.0 Å². The summed E-state index contributed by atoms with van der Waals surface area (Å²) in [5.74, 6) is 1.24. The zero-order valence-corrected chi connectivity index (χ0v) is 19.1. The maximum atomic E-state index is 12.8. The number of ketones is 1. The van der Waals surface area contributed by atoms with Crippen LogP contribution in [0.3, 0.4) is 0 Å². The standard InChI is InChI=1S/C23H19ClN6O2S/c1-11-21(12-2-4-13(24)5-3-12)29-23(27-11)33-18-7-6-17(32-18)19-14-8-26-30-22(14)28-15-9-25-10-16(31)20(15)19/h2-8,19,25H,9-10H2,1H3,(H,27,29)(H2,26,28,30). The van der Waals surface area contributed by atoms with Crippen LogP contribution in [0.4, 0.5) is 5.82 Å². The van der Waals surface area contributed by atoms with E-state index >= 15 is 0 Å². The Morgan fingerprint density at radius 3 is 2.85 bits per heavy atom. The highest BCUT2D eigenvalue weighted by Gasteiger charge is 2.37. The monoisotopic (exact) mass is 478 g/mol. The van der Waals surface area contributed by atoms with E-state index in [0.29, 0.717) is 29.0 Å². The van der Waals surface area contributed by atoms with Gasteiger partial charge in [0.05, 0.1) is 24.4 Å². The normalized spacial score (nSPS) is 17.6. The lowest BCUT2D eigenvalue weighted by atomic mass is 9.82. The molecule has 4 aromatic rings. The first-order valence-corrected chi connectivity index (χ1v) is 11.6. The van der Waals surface area contributed by atoms with Crippen molar-refractivity contribution in [1.29, 1.82) is 0 Å². The van der Waals surface area contributed by atoms with E-state index in [9.17, 15) is 4.79 Å².